The van der Waals surface area contributed by atoms with Crippen LogP contribution in [0.2, 0.25) is 0 Å². The lowest BCUT2D eigenvalue weighted by Crippen LogP contribution is -2.03. The average molecular weight is 247 g/mol. The summed E-state index contributed by atoms with van der Waals surface area (Å²) in [6.45, 7) is 3.90. The molecular weight excluding hydrogens is 233 g/mol. The molecule has 18 heavy (non-hydrogen) atoms. The van der Waals surface area contributed by atoms with Gasteiger partial charge in [-0.1, -0.05) is 6.07 Å². The second kappa shape index (κ2) is 5.10. The topological polar surface area (TPSA) is 61.0 Å². The van der Waals surface area contributed by atoms with Crippen molar-refractivity contribution in [1.82, 2.24) is 9.97 Å². The molecule has 0 bridgehead atoms. The van der Waals surface area contributed by atoms with Crippen molar-refractivity contribution in [1.29, 1.82) is 0 Å². The minimum absolute atomic E-state index is 0.188. The van der Waals surface area contributed by atoms with Gasteiger partial charge in [-0.2, -0.15) is 4.98 Å². The van der Waals surface area contributed by atoms with E-state index in [-0.39, 0.29) is 11.8 Å². The Bertz CT molecular complexity index is 572. The number of hydrogen-bond acceptors (Lipinski definition) is 4. The van der Waals surface area contributed by atoms with Crippen molar-refractivity contribution in [3.05, 3.63) is 47.0 Å². The van der Waals surface area contributed by atoms with E-state index >= 15 is 0 Å². The molecule has 0 saturated heterocycles. The van der Waals surface area contributed by atoms with E-state index in [0.29, 0.717) is 17.9 Å². The molecule has 2 rings (SSSR count). The van der Waals surface area contributed by atoms with Crippen LogP contribution in [0.1, 0.15) is 16.8 Å². The molecule has 1 aromatic heterocycles. The molecule has 0 unspecified atom stereocenters. The molecule has 0 atom stereocenters. The number of aryl methyl sites for hydroxylation is 2. The van der Waals surface area contributed by atoms with Gasteiger partial charge < -0.3 is 10.5 Å². The first-order valence-electron chi connectivity index (χ1n) is 5.56. The van der Waals surface area contributed by atoms with Crippen LogP contribution in [0, 0.1) is 19.7 Å². The summed E-state index contributed by atoms with van der Waals surface area (Å²) in [5, 5.41) is 0. The highest BCUT2D eigenvalue weighted by Crippen LogP contribution is 2.21. The van der Waals surface area contributed by atoms with E-state index in [1.165, 1.54) is 6.07 Å². The highest BCUT2D eigenvalue weighted by molar-refractivity contribution is 5.30. The van der Waals surface area contributed by atoms with Crippen LogP contribution in [-0.4, -0.2) is 9.97 Å². The van der Waals surface area contributed by atoms with E-state index in [2.05, 4.69) is 9.97 Å². The van der Waals surface area contributed by atoms with E-state index in [1.54, 1.807) is 25.3 Å². The van der Waals surface area contributed by atoms with Crippen LogP contribution >= 0.6 is 0 Å². The molecule has 94 valence electrons. The molecule has 0 amide bonds. The molecule has 0 radical (unpaired) electrons. The smallest absolute Gasteiger partial charge is 0.322 e. The summed E-state index contributed by atoms with van der Waals surface area (Å²) in [5.74, 6) is 0.0563. The molecule has 0 aliphatic rings. The highest BCUT2D eigenvalue weighted by atomic mass is 19.1. The maximum Gasteiger partial charge on any atom is 0.322 e. The third kappa shape index (κ3) is 2.62. The van der Waals surface area contributed by atoms with Gasteiger partial charge in [0.2, 0.25) is 0 Å². The quantitative estimate of drug-likeness (QED) is 0.905. The van der Waals surface area contributed by atoms with Crippen molar-refractivity contribution >= 4 is 0 Å². The first kappa shape index (κ1) is 12.4. The molecule has 0 aliphatic heterocycles. The number of benzene rings is 1. The Morgan fingerprint density at radius 3 is 2.72 bits per heavy atom. The Morgan fingerprint density at radius 2 is 2.11 bits per heavy atom. The predicted molar refractivity (Wildman–Crippen MR) is 65.9 cm³/mol. The number of hydrogen-bond donors (Lipinski definition) is 1. The van der Waals surface area contributed by atoms with Crippen LogP contribution in [0.3, 0.4) is 0 Å². The summed E-state index contributed by atoms with van der Waals surface area (Å²) in [6, 6.07) is 4.82. The predicted octanol–water partition coefficient (Wildman–Crippen LogP) is 2.48. The zero-order valence-corrected chi connectivity index (χ0v) is 10.3. The van der Waals surface area contributed by atoms with Gasteiger partial charge in [0, 0.05) is 30.1 Å². The van der Waals surface area contributed by atoms with Gasteiger partial charge in [0.05, 0.1) is 0 Å². The van der Waals surface area contributed by atoms with Gasteiger partial charge in [-0.05, 0) is 25.5 Å². The number of ether oxygens (including phenoxy) is 1. The number of halogens is 1. The lowest BCUT2D eigenvalue weighted by Gasteiger charge is -2.07. The number of rotatable bonds is 3. The standard InChI is InChI=1S/C13H14FN3O/c1-8-3-4-11(5-12(8)14)18-13-16-7-10(6-15)9(2)17-13/h3-5,7H,6,15H2,1-2H3. The molecular formula is C13H14FN3O. The van der Waals surface area contributed by atoms with Crippen molar-refractivity contribution in [2.24, 2.45) is 5.73 Å². The molecule has 5 heteroatoms. The number of aromatic nitrogens is 2. The lowest BCUT2D eigenvalue weighted by atomic mass is 10.2. The van der Waals surface area contributed by atoms with Crippen molar-refractivity contribution in [3.63, 3.8) is 0 Å². The molecule has 4 nitrogen and oxygen atoms in total. The summed E-state index contributed by atoms with van der Waals surface area (Å²) >= 11 is 0. The van der Waals surface area contributed by atoms with E-state index in [4.69, 9.17) is 10.5 Å². The van der Waals surface area contributed by atoms with Crippen LogP contribution in [0.15, 0.2) is 24.4 Å². The maximum atomic E-state index is 13.3. The number of nitrogens with zero attached hydrogens (tertiary/aromatic N) is 2. The van der Waals surface area contributed by atoms with Gasteiger partial charge >= 0.3 is 6.01 Å². The summed E-state index contributed by atoms with van der Waals surface area (Å²) in [7, 11) is 0. The van der Waals surface area contributed by atoms with Crippen molar-refractivity contribution in [2.75, 3.05) is 0 Å². The van der Waals surface area contributed by atoms with Crippen molar-refractivity contribution in [3.8, 4) is 11.8 Å². The first-order valence-corrected chi connectivity index (χ1v) is 5.56. The summed E-state index contributed by atoms with van der Waals surface area (Å²) in [4.78, 5) is 8.18. The van der Waals surface area contributed by atoms with Crippen molar-refractivity contribution in [2.45, 2.75) is 20.4 Å². The van der Waals surface area contributed by atoms with Gasteiger partial charge in [0.15, 0.2) is 0 Å². The van der Waals surface area contributed by atoms with Crippen LogP contribution in [0.5, 0.6) is 11.8 Å². The minimum atomic E-state index is -0.317. The van der Waals surface area contributed by atoms with Crippen LogP contribution in [0.25, 0.3) is 0 Å². The fourth-order valence-electron chi connectivity index (χ4n) is 1.46. The lowest BCUT2D eigenvalue weighted by molar-refractivity contribution is 0.435. The molecule has 0 spiro atoms. The van der Waals surface area contributed by atoms with Crippen molar-refractivity contribution < 1.29 is 9.13 Å². The third-order valence-electron chi connectivity index (χ3n) is 2.63. The Balaban J connectivity index is 2.23. The normalized spacial score (nSPS) is 10.4. The van der Waals surface area contributed by atoms with Gasteiger partial charge in [0.25, 0.3) is 0 Å². The summed E-state index contributed by atoms with van der Waals surface area (Å²) < 4.78 is 18.7. The van der Waals surface area contributed by atoms with Crippen LogP contribution in [-0.2, 0) is 6.54 Å². The van der Waals surface area contributed by atoms with E-state index in [0.717, 1.165) is 11.3 Å². The zero-order valence-electron chi connectivity index (χ0n) is 10.3. The van der Waals surface area contributed by atoms with Gasteiger partial charge in [-0.15, -0.1) is 0 Å². The Morgan fingerprint density at radius 1 is 1.33 bits per heavy atom. The molecule has 1 heterocycles. The fourth-order valence-corrected chi connectivity index (χ4v) is 1.46. The summed E-state index contributed by atoms with van der Waals surface area (Å²) in [5.41, 5.74) is 7.71. The zero-order chi connectivity index (χ0) is 13.1. The van der Waals surface area contributed by atoms with E-state index < -0.39 is 0 Å². The second-order valence-corrected chi connectivity index (χ2v) is 3.98. The van der Waals surface area contributed by atoms with E-state index in [9.17, 15) is 4.39 Å². The second-order valence-electron chi connectivity index (χ2n) is 3.98. The van der Waals surface area contributed by atoms with E-state index in [1.807, 2.05) is 6.92 Å². The highest BCUT2D eigenvalue weighted by Gasteiger charge is 2.06. The van der Waals surface area contributed by atoms with Gasteiger partial charge in [-0.3, -0.25) is 0 Å². The average Bonchev–Trinajstić information content (AvgIpc) is 2.34. The summed E-state index contributed by atoms with van der Waals surface area (Å²) in [6.07, 6.45) is 1.61. The molecule has 2 aromatic rings. The Labute approximate surface area is 105 Å². The number of nitrogens with two attached hydrogens (primary N) is 1. The maximum absolute atomic E-state index is 13.3. The molecule has 2 N–H and O–H groups in total. The first-order chi connectivity index (χ1) is 8.60. The van der Waals surface area contributed by atoms with Gasteiger partial charge in [0.1, 0.15) is 11.6 Å². The van der Waals surface area contributed by atoms with Crippen LogP contribution in [0.4, 0.5) is 4.39 Å². The van der Waals surface area contributed by atoms with Gasteiger partial charge in [-0.25, -0.2) is 9.37 Å². The minimum Gasteiger partial charge on any atom is -0.424 e. The third-order valence-corrected chi connectivity index (χ3v) is 2.63. The molecule has 1 aromatic carbocycles. The fraction of sp³-hybridized carbons (Fsp3) is 0.231. The Kier molecular flexibility index (Phi) is 3.53. The SMILES string of the molecule is Cc1ccc(Oc2ncc(CN)c(C)n2)cc1F. The molecule has 0 saturated carbocycles. The molecule has 0 aliphatic carbocycles. The largest absolute Gasteiger partial charge is 0.424 e. The monoisotopic (exact) mass is 247 g/mol. The van der Waals surface area contributed by atoms with Crippen LogP contribution < -0.4 is 10.5 Å². The molecule has 0 fully saturated rings. The Hall–Kier alpha value is -2.01.